The third kappa shape index (κ3) is 3.83. The van der Waals surface area contributed by atoms with Gasteiger partial charge in [-0.3, -0.25) is 9.59 Å². The molecule has 5 heteroatoms. The van der Waals surface area contributed by atoms with Gasteiger partial charge in [-0.2, -0.15) is 0 Å². The lowest BCUT2D eigenvalue weighted by Gasteiger charge is -2.16. The van der Waals surface area contributed by atoms with E-state index in [1.54, 1.807) is 18.2 Å². The number of halogens is 1. The molecule has 1 aromatic heterocycles. The van der Waals surface area contributed by atoms with Crippen LogP contribution in [0.2, 0.25) is 5.02 Å². The predicted octanol–water partition coefficient (Wildman–Crippen LogP) is 5.78. The molecule has 1 N–H and O–H groups in total. The van der Waals surface area contributed by atoms with Gasteiger partial charge in [-0.25, -0.2) is 0 Å². The highest BCUT2D eigenvalue weighted by Crippen LogP contribution is 2.28. The Morgan fingerprint density at radius 2 is 1.71 bits per heavy atom. The fourth-order valence-electron chi connectivity index (χ4n) is 3.44. The van der Waals surface area contributed by atoms with Crippen LogP contribution in [0.4, 0.5) is 5.69 Å². The highest BCUT2D eigenvalue weighted by molar-refractivity contribution is 6.30. The lowest BCUT2D eigenvalue weighted by molar-refractivity contribution is 0.102. The van der Waals surface area contributed by atoms with Gasteiger partial charge in [0.05, 0.1) is 5.39 Å². The average molecular weight is 398 g/mol. The van der Waals surface area contributed by atoms with Crippen LogP contribution in [0.25, 0.3) is 11.0 Å². The number of hydrogen-bond acceptors (Lipinski definition) is 3. The minimum Gasteiger partial charge on any atom is -0.460 e. The molecule has 0 fully saturated rings. The second kappa shape index (κ2) is 8.61. The number of hydrogen-bond donors (Lipinski definition) is 1. The molecule has 0 aliphatic heterocycles. The van der Waals surface area contributed by atoms with E-state index in [-0.39, 0.29) is 11.0 Å². The van der Waals surface area contributed by atoms with Crippen LogP contribution in [0.15, 0.2) is 45.6 Å². The van der Waals surface area contributed by atoms with Gasteiger partial charge in [-0.1, -0.05) is 44.5 Å². The molecule has 4 nitrogen and oxygen atoms in total. The first-order chi connectivity index (χ1) is 13.5. The zero-order valence-electron chi connectivity index (χ0n) is 16.4. The summed E-state index contributed by atoms with van der Waals surface area (Å²) in [5.74, 6) is -0.0107. The van der Waals surface area contributed by atoms with E-state index in [0.29, 0.717) is 28.2 Å². The molecule has 28 heavy (non-hydrogen) atoms. The Labute approximate surface area is 169 Å². The van der Waals surface area contributed by atoms with Crippen molar-refractivity contribution in [1.29, 1.82) is 0 Å². The van der Waals surface area contributed by atoms with Crippen molar-refractivity contribution in [1.82, 2.24) is 0 Å². The SMILES string of the molecule is CCCc1oc2ccccc2c(=O)c1C(=O)Nc1c(CC)cc(Cl)cc1CC. The second-order valence-electron chi connectivity index (χ2n) is 6.74. The quantitative estimate of drug-likeness (QED) is 0.573. The minimum atomic E-state index is -0.435. The zero-order chi connectivity index (χ0) is 20.3. The van der Waals surface area contributed by atoms with E-state index < -0.39 is 5.91 Å². The molecule has 3 aromatic rings. The molecule has 0 bridgehead atoms. The van der Waals surface area contributed by atoms with Crippen molar-refractivity contribution in [2.24, 2.45) is 0 Å². The van der Waals surface area contributed by atoms with Crippen molar-refractivity contribution >= 4 is 34.2 Å². The molecule has 0 atom stereocenters. The summed E-state index contributed by atoms with van der Waals surface area (Å²) in [6.07, 6.45) is 2.72. The van der Waals surface area contributed by atoms with Crippen molar-refractivity contribution in [2.45, 2.75) is 46.5 Å². The number of carbonyl (C=O) groups is 1. The monoisotopic (exact) mass is 397 g/mol. The molecule has 1 heterocycles. The molecule has 0 aliphatic rings. The van der Waals surface area contributed by atoms with Gasteiger partial charge >= 0.3 is 0 Å². The van der Waals surface area contributed by atoms with Crippen molar-refractivity contribution in [3.8, 4) is 0 Å². The number of para-hydroxylation sites is 1. The Bertz CT molecular complexity index is 1060. The molecule has 0 unspecified atom stereocenters. The number of nitrogens with one attached hydrogen (secondary N) is 1. The maximum absolute atomic E-state index is 13.2. The number of anilines is 1. The van der Waals surface area contributed by atoms with Crippen LogP contribution in [0.5, 0.6) is 0 Å². The normalized spacial score (nSPS) is 11.0. The summed E-state index contributed by atoms with van der Waals surface area (Å²) in [5, 5.41) is 4.03. The number of aryl methyl sites for hydroxylation is 3. The summed E-state index contributed by atoms with van der Waals surface area (Å²) < 4.78 is 5.92. The topological polar surface area (TPSA) is 59.3 Å². The third-order valence-corrected chi connectivity index (χ3v) is 5.06. The molecular formula is C23H24ClNO3. The van der Waals surface area contributed by atoms with Gasteiger partial charge in [0, 0.05) is 17.1 Å². The molecule has 2 aromatic carbocycles. The van der Waals surface area contributed by atoms with Gasteiger partial charge in [-0.05, 0) is 54.7 Å². The Hall–Kier alpha value is -2.59. The molecule has 0 saturated heterocycles. The Morgan fingerprint density at radius 1 is 1.07 bits per heavy atom. The summed E-state index contributed by atoms with van der Waals surface area (Å²) >= 11 is 6.21. The van der Waals surface area contributed by atoms with Crippen LogP contribution in [0, 0.1) is 0 Å². The van der Waals surface area contributed by atoms with E-state index in [4.69, 9.17) is 16.0 Å². The fraction of sp³-hybridized carbons (Fsp3) is 0.304. The average Bonchev–Trinajstić information content (AvgIpc) is 2.69. The number of benzene rings is 2. The molecule has 146 valence electrons. The van der Waals surface area contributed by atoms with Gasteiger partial charge in [0.1, 0.15) is 16.9 Å². The van der Waals surface area contributed by atoms with Crippen LogP contribution in [0.3, 0.4) is 0 Å². The highest BCUT2D eigenvalue weighted by Gasteiger charge is 2.22. The summed E-state index contributed by atoms with van der Waals surface area (Å²) in [5.41, 5.74) is 2.91. The van der Waals surface area contributed by atoms with Crippen molar-refractivity contribution < 1.29 is 9.21 Å². The summed E-state index contributed by atoms with van der Waals surface area (Å²) in [7, 11) is 0. The van der Waals surface area contributed by atoms with Crippen LogP contribution in [-0.2, 0) is 19.3 Å². The van der Waals surface area contributed by atoms with E-state index >= 15 is 0 Å². The van der Waals surface area contributed by atoms with E-state index in [2.05, 4.69) is 5.32 Å². The van der Waals surface area contributed by atoms with E-state index in [0.717, 1.165) is 36.1 Å². The van der Waals surface area contributed by atoms with Crippen LogP contribution < -0.4 is 10.7 Å². The Morgan fingerprint density at radius 3 is 2.32 bits per heavy atom. The first-order valence-corrected chi connectivity index (χ1v) is 10.0. The molecule has 0 spiro atoms. The molecule has 0 radical (unpaired) electrons. The number of amides is 1. The number of carbonyl (C=O) groups excluding carboxylic acids is 1. The summed E-state index contributed by atoms with van der Waals surface area (Å²) in [6.45, 7) is 6.00. The molecule has 0 aliphatic carbocycles. The van der Waals surface area contributed by atoms with E-state index in [9.17, 15) is 9.59 Å². The minimum absolute atomic E-state index is 0.0830. The lowest BCUT2D eigenvalue weighted by Crippen LogP contribution is -2.25. The molecule has 1 amide bonds. The number of rotatable bonds is 6. The lowest BCUT2D eigenvalue weighted by atomic mass is 10.0. The summed E-state index contributed by atoms with van der Waals surface area (Å²) in [6, 6.07) is 10.7. The fourth-order valence-corrected chi connectivity index (χ4v) is 3.70. The van der Waals surface area contributed by atoms with E-state index in [1.165, 1.54) is 0 Å². The highest BCUT2D eigenvalue weighted by atomic mass is 35.5. The van der Waals surface area contributed by atoms with Gasteiger partial charge in [-0.15, -0.1) is 0 Å². The molecule has 3 rings (SSSR count). The maximum atomic E-state index is 13.2. The van der Waals surface area contributed by atoms with Crippen LogP contribution >= 0.6 is 11.6 Å². The van der Waals surface area contributed by atoms with Crippen molar-refractivity contribution in [3.05, 3.63) is 74.1 Å². The summed E-state index contributed by atoms with van der Waals surface area (Å²) in [4.78, 5) is 26.3. The van der Waals surface area contributed by atoms with Crippen LogP contribution in [-0.4, -0.2) is 5.91 Å². The third-order valence-electron chi connectivity index (χ3n) is 4.84. The molecular weight excluding hydrogens is 374 g/mol. The predicted molar refractivity (Wildman–Crippen MR) is 115 cm³/mol. The van der Waals surface area contributed by atoms with Gasteiger partial charge in [0.25, 0.3) is 5.91 Å². The Balaban J connectivity index is 2.13. The van der Waals surface area contributed by atoms with Gasteiger partial charge < -0.3 is 9.73 Å². The first kappa shape index (κ1) is 20.2. The smallest absolute Gasteiger partial charge is 0.263 e. The maximum Gasteiger partial charge on any atom is 0.263 e. The van der Waals surface area contributed by atoms with E-state index in [1.807, 2.05) is 39.0 Å². The van der Waals surface area contributed by atoms with Gasteiger partial charge in [0.15, 0.2) is 0 Å². The standard InChI is InChI=1S/C23H24ClNO3/c1-4-9-19-20(22(26)17-10-7-8-11-18(17)28-19)23(27)25-21-14(5-2)12-16(24)13-15(21)6-3/h7-8,10-13H,4-6,9H2,1-3H3,(H,25,27). The number of fused-ring (bicyclic) bond motifs is 1. The Kier molecular flexibility index (Phi) is 6.20. The second-order valence-corrected chi connectivity index (χ2v) is 7.17. The molecule has 0 saturated carbocycles. The van der Waals surface area contributed by atoms with Crippen molar-refractivity contribution in [2.75, 3.05) is 5.32 Å². The van der Waals surface area contributed by atoms with Crippen LogP contribution in [0.1, 0.15) is 54.4 Å². The first-order valence-electron chi connectivity index (χ1n) is 9.67. The zero-order valence-corrected chi connectivity index (χ0v) is 17.2. The van der Waals surface area contributed by atoms with Crippen molar-refractivity contribution in [3.63, 3.8) is 0 Å². The largest absolute Gasteiger partial charge is 0.460 e. The van der Waals surface area contributed by atoms with Gasteiger partial charge in [0.2, 0.25) is 5.43 Å².